The molecule has 5 nitrogen and oxygen atoms in total. The van der Waals surface area contributed by atoms with Gasteiger partial charge in [-0.15, -0.1) is 11.3 Å². The molecule has 0 atom stereocenters. The Morgan fingerprint density at radius 2 is 1.85 bits per heavy atom. The third kappa shape index (κ3) is 3.82. The summed E-state index contributed by atoms with van der Waals surface area (Å²) < 4.78 is 0. The van der Waals surface area contributed by atoms with E-state index in [1.807, 2.05) is 42.2 Å². The van der Waals surface area contributed by atoms with Crippen molar-refractivity contribution in [2.75, 3.05) is 31.1 Å². The Morgan fingerprint density at radius 3 is 2.56 bits per heavy atom. The zero-order chi connectivity index (χ0) is 18.8. The molecule has 1 aliphatic heterocycles. The summed E-state index contributed by atoms with van der Waals surface area (Å²) in [5.41, 5.74) is 2.88. The highest BCUT2D eigenvalue weighted by molar-refractivity contribution is 7.17. The summed E-state index contributed by atoms with van der Waals surface area (Å²) >= 11 is 7.55. The van der Waals surface area contributed by atoms with Crippen LogP contribution in [-0.4, -0.2) is 47.0 Å². The van der Waals surface area contributed by atoms with E-state index in [0.29, 0.717) is 13.1 Å². The van der Waals surface area contributed by atoms with Gasteiger partial charge in [-0.3, -0.25) is 9.78 Å². The van der Waals surface area contributed by atoms with Gasteiger partial charge in [-0.2, -0.15) is 0 Å². The van der Waals surface area contributed by atoms with Gasteiger partial charge in [0, 0.05) is 54.8 Å². The van der Waals surface area contributed by atoms with Crippen LogP contribution in [0.4, 0.5) is 5.69 Å². The van der Waals surface area contributed by atoms with Crippen molar-refractivity contribution in [3.8, 4) is 10.6 Å². The molecule has 1 amide bonds. The topological polar surface area (TPSA) is 49.3 Å². The molecule has 27 heavy (non-hydrogen) atoms. The van der Waals surface area contributed by atoms with Crippen LogP contribution in [0.3, 0.4) is 0 Å². The summed E-state index contributed by atoms with van der Waals surface area (Å²) in [6.07, 6.45) is 3.48. The Labute approximate surface area is 167 Å². The standard InChI is InChI=1S/C20H19ClN4OS/c1-14-18(27-19(23-14)15-5-7-22-8-6-15)20(26)25-11-9-24(10-12-25)17-4-2-3-16(21)13-17/h2-8,13H,9-12H2,1H3. The van der Waals surface area contributed by atoms with E-state index in [2.05, 4.69) is 20.9 Å². The average Bonchev–Trinajstić information content (AvgIpc) is 3.10. The number of nitrogens with zero attached hydrogens (tertiary/aromatic N) is 4. The Balaban J connectivity index is 1.46. The predicted molar refractivity (Wildman–Crippen MR) is 110 cm³/mol. The molecule has 4 rings (SSSR count). The first-order chi connectivity index (χ1) is 13.1. The zero-order valence-corrected chi connectivity index (χ0v) is 16.5. The Morgan fingerprint density at radius 1 is 1.11 bits per heavy atom. The van der Waals surface area contributed by atoms with Crippen molar-refractivity contribution in [1.82, 2.24) is 14.9 Å². The van der Waals surface area contributed by atoms with Gasteiger partial charge >= 0.3 is 0 Å². The number of rotatable bonds is 3. The van der Waals surface area contributed by atoms with Gasteiger partial charge in [-0.05, 0) is 37.3 Å². The van der Waals surface area contributed by atoms with Crippen molar-refractivity contribution in [2.24, 2.45) is 0 Å². The average molecular weight is 399 g/mol. The van der Waals surface area contributed by atoms with Gasteiger partial charge in [0.1, 0.15) is 9.88 Å². The molecular formula is C20H19ClN4OS. The van der Waals surface area contributed by atoms with Gasteiger partial charge in [-0.25, -0.2) is 4.98 Å². The van der Waals surface area contributed by atoms with Gasteiger partial charge in [-0.1, -0.05) is 17.7 Å². The highest BCUT2D eigenvalue weighted by Gasteiger charge is 2.25. The summed E-state index contributed by atoms with van der Waals surface area (Å²) in [7, 11) is 0. The van der Waals surface area contributed by atoms with E-state index in [4.69, 9.17) is 11.6 Å². The van der Waals surface area contributed by atoms with Crippen molar-refractivity contribution in [3.05, 3.63) is 64.4 Å². The number of aryl methyl sites for hydroxylation is 1. The van der Waals surface area contributed by atoms with Gasteiger partial charge in [0.2, 0.25) is 0 Å². The molecule has 0 spiro atoms. The predicted octanol–water partition coefficient (Wildman–Crippen LogP) is 4.13. The van der Waals surface area contributed by atoms with E-state index in [-0.39, 0.29) is 5.91 Å². The molecule has 1 aliphatic rings. The molecule has 0 bridgehead atoms. The van der Waals surface area contributed by atoms with Crippen LogP contribution in [0.5, 0.6) is 0 Å². The molecule has 0 saturated carbocycles. The van der Waals surface area contributed by atoms with Crippen LogP contribution >= 0.6 is 22.9 Å². The van der Waals surface area contributed by atoms with Crippen LogP contribution in [0.25, 0.3) is 10.6 Å². The molecule has 2 aromatic heterocycles. The van der Waals surface area contributed by atoms with Gasteiger partial charge in [0.25, 0.3) is 5.91 Å². The fourth-order valence-corrected chi connectivity index (χ4v) is 4.42. The summed E-state index contributed by atoms with van der Waals surface area (Å²) in [5, 5.41) is 1.59. The third-order valence-corrected chi connectivity index (χ3v) is 6.09. The number of anilines is 1. The Hall–Kier alpha value is -2.44. The lowest BCUT2D eigenvalue weighted by Gasteiger charge is -2.36. The van der Waals surface area contributed by atoms with Gasteiger partial charge in [0.05, 0.1) is 5.69 Å². The van der Waals surface area contributed by atoms with Crippen LogP contribution < -0.4 is 4.90 Å². The quantitative estimate of drug-likeness (QED) is 0.665. The monoisotopic (exact) mass is 398 g/mol. The number of aromatic nitrogens is 2. The van der Waals surface area contributed by atoms with Crippen molar-refractivity contribution in [1.29, 1.82) is 0 Å². The number of benzene rings is 1. The second kappa shape index (κ2) is 7.66. The first-order valence-corrected chi connectivity index (χ1v) is 9.99. The van der Waals surface area contributed by atoms with Crippen LogP contribution in [0.1, 0.15) is 15.4 Å². The number of amides is 1. The minimum Gasteiger partial charge on any atom is -0.368 e. The maximum absolute atomic E-state index is 13.0. The number of piperazine rings is 1. The van der Waals surface area contributed by atoms with E-state index < -0.39 is 0 Å². The molecule has 0 unspecified atom stereocenters. The van der Waals surface area contributed by atoms with Crippen LogP contribution in [0.2, 0.25) is 5.02 Å². The third-order valence-electron chi connectivity index (χ3n) is 4.66. The lowest BCUT2D eigenvalue weighted by atomic mass is 10.2. The summed E-state index contributed by atoms with van der Waals surface area (Å²) in [6, 6.07) is 11.7. The number of carbonyl (C=O) groups is 1. The molecule has 1 saturated heterocycles. The second-order valence-electron chi connectivity index (χ2n) is 6.43. The molecular weight excluding hydrogens is 380 g/mol. The Kier molecular flexibility index (Phi) is 5.09. The molecule has 0 aliphatic carbocycles. The highest BCUT2D eigenvalue weighted by Crippen LogP contribution is 2.29. The molecule has 0 N–H and O–H groups in total. The first kappa shape index (κ1) is 17.9. The zero-order valence-electron chi connectivity index (χ0n) is 14.9. The largest absolute Gasteiger partial charge is 0.368 e. The molecule has 138 valence electrons. The summed E-state index contributed by atoms with van der Waals surface area (Å²) in [4.78, 5) is 26.5. The minimum absolute atomic E-state index is 0.0658. The van der Waals surface area contributed by atoms with Crippen molar-refractivity contribution in [2.45, 2.75) is 6.92 Å². The fourth-order valence-electron chi connectivity index (χ4n) is 3.20. The first-order valence-electron chi connectivity index (χ1n) is 8.79. The van der Waals surface area contributed by atoms with E-state index in [1.165, 1.54) is 11.3 Å². The number of pyridine rings is 1. The van der Waals surface area contributed by atoms with Crippen LogP contribution in [0.15, 0.2) is 48.8 Å². The van der Waals surface area contributed by atoms with Crippen molar-refractivity contribution >= 4 is 34.5 Å². The minimum atomic E-state index is 0.0658. The molecule has 7 heteroatoms. The SMILES string of the molecule is Cc1nc(-c2ccncc2)sc1C(=O)N1CCN(c2cccc(Cl)c2)CC1. The van der Waals surface area contributed by atoms with E-state index in [1.54, 1.807) is 12.4 Å². The molecule has 0 radical (unpaired) electrons. The smallest absolute Gasteiger partial charge is 0.265 e. The Bertz CT molecular complexity index is 952. The van der Waals surface area contributed by atoms with E-state index in [9.17, 15) is 4.79 Å². The number of halogens is 1. The van der Waals surface area contributed by atoms with Crippen LogP contribution in [-0.2, 0) is 0 Å². The van der Waals surface area contributed by atoms with Crippen molar-refractivity contribution in [3.63, 3.8) is 0 Å². The highest BCUT2D eigenvalue weighted by atomic mass is 35.5. The van der Waals surface area contributed by atoms with Gasteiger partial charge in [0.15, 0.2) is 0 Å². The van der Waals surface area contributed by atoms with Crippen LogP contribution in [0, 0.1) is 6.92 Å². The number of hydrogen-bond acceptors (Lipinski definition) is 5. The fraction of sp³-hybridized carbons (Fsp3) is 0.250. The summed E-state index contributed by atoms with van der Waals surface area (Å²) in [6.45, 7) is 4.86. The number of thiazole rings is 1. The lowest BCUT2D eigenvalue weighted by molar-refractivity contribution is 0.0750. The lowest BCUT2D eigenvalue weighted by Crippen LogP contribution is -2.48. The molecule has 1 aromatic carbocycles. The van der Waals surface area contributed by atoms with Crippen molar-refractivity contribution < 1.29 is 4.79 Å². The maximum Gasteiger partial charge on any atom is 0.265 e. The number of hydrogen-bond donors (Lipinski definition) is 0. The maximum atomic E-state index is 13.0. The van der Waals surface area contributed by atoms with E-state index >= 15 is 0 Å². The normalized spacial score (nSPS) is 14.4. The molecule has 3 heterocycles. The van der Waals surface area contributed by atoms with E-state index in [0.717, 1.165) is 44.9 Å². The second-order valence-corrected chi connectivity index (χ2v) is 7.86. The van der Waals surface area contributed by atoms with Gasteiger partial charge < -0.3 is 9.80 Å². The number of carbonyl (C=O) groups excluding carboxylic acids is 1. The summed E-state index contributed by atoms with van der Waals surface area (Å²) in [5.74, 6) is 0.0658. The molecule has 3 aromatic rings. The molecule has 1 fully saturated rings.